The Morgan fingerprint density at radius 3 is 2.76 bits per heavy atom. The van der Waals surface area contributed by atoms with Gasteiger partial charge in [0.1, 0.15) is 5.82 Å². The number of aromatic amines is 1. The summed E-state index contributed by atoms with van der Waals surface area (Å²) in [5.74, 6) is 0.478. The van der Waals surface area contributed by atoms with Gasteiger partial charge in [0, 0.05) is 0 Å². The second-order valence-corrected chi connectivity index (χ2v) is 5.00. The number of nitrogens with zero attached hydrogens (tertiary/aromatic N) is 3. The predicted octanol–water partition coefficient (Wildman–Crippen LogP) is 0.737. The number of aliphatic hydroxyl groups is 1. The van der Waals surface area contributed by atoms with Gasteiger partial charge in [0.15, 0.2) is 5.65 Å². The van der Waals surface area contributed by atoms with Crippen LogP contribution in [0.5, 0.6) is 0 Å². The van der Waals surface area contributed by atoms with Gasteiger partial charge in [0.25, 0.3) is 0 Å². The highest BCUT2D eigenvalue weighted by atomic mass is 16.3. The van der Waals surface area contributed by atoms with Crippen molar-refractivity contribution in [3.8, 4) is 0 Å². The van der Waals surface area contributed by atoms with E-state index >= 15 is 0 Å². The van der Waals surface area contributed by atoms with E-state index in [9.17, 15) is 9.90 Å². The summed E-state index contributed by atoms with van der Waals surface area (Å²) in [4.78, 5) is 11.5. The number of hydrogen-bond donors (Lipinski definition) is 3. The fraction of sp³-hybridized carbons (Fsp3) is 0.214. The minimum absolute atomic E-state index is 0.114. The number of H-pyrrole nitrogens is 1. The van der Waals surface area contributed by atoms with E-state index in [0.717, 1.165) is 5.56 Å². The van der Waals surface area contributed by atoms with Crippen LogP contribution in [-0.2, 0) is 5.54 Å². The Kier molecular flexibility index (Phi) is 3.19. The third-order valence-electron chi connectivity index (χ3n) is 3.40. The van der Waals surface area contributed by atoms with Crippen LogP contribution in [0.2, 0.25) is 0 Å². The number of nitrogens with one attached hydrogen (secondary N) is 2. The number of benzene rings is 1. The van der Waals surface area contributed by atoms with Crippen molar-refractivity contribution in [2.75, 3.05) is 11.9 Å². The number of aromatic nitrogens is 4. The molecular weight excluding hydrogens is 270 g/mol. The van der Waals surface area contributed by atoms with Gasteiger partial charge >= 0.3 is 5.69 Å². The molecule has 0 aliphatic carbocycles. The highest BCUT2D eigenvalue weighted by Gasteiger charge is 2.26. The molecule has 0 fully saturated rings. The van der Waals surface area contributed by atoms with E-state index in [-0.39, 0.29) is 6.61 Å². The first-order valence-corrected chi connectivity index (χ1v) is 6.51. The topological polar surface area (TPSA) is 95.3 Å². The maximum absolute atomic E-state index is 11.5. The maximum atomic E-state index is 11.5. The monoisotopic (exact) mass is 285 g/mol. The highest BCUT2D eigenvalue weighted by molar-refractivity contribution is 5.46. The van der Waals surface area contributed by atoms with Gasteiger partial charge in [0.05, 0.1) is 12.1 Å². The lowest BCUT2D eigenvalue weighted by Gasteiger charge is -2.29. The fourth-order valence-corrected chi connectivity index (χ4v) is 2.16. The first-order chi connectivity index (χ1) is 10.1. The minimum Gasteiger partial charge on any atom is -0.394 e. The molecule has 7 heteroatoms. The molecule has 0 saturated carbocycles. The van der Waals surface area contributed by atoms with Gasteiger partial charge in [-0.25, -0.2) is 9.89 Å². The summed E-state index contributed by atoms with van der Waals surface area (Å²) in [7, 11) is 0. The molecule has 2 heterocycles. The van der Waals surface area contributed by atoms with Crippen LogP contribution in [0.25, 0.3) is 5.65 Å². The van der Waals surface area contributed by atoms with Crippen molar-refractivity contribution in [3.05, 3.63) is 58.5 Å². The molecule has 21 heavy (non-hydrogen) atoms. The zero-order chi connectivity index (χ0) is 14.9. The highest BCUT2D eigenvalue weighted by Crippen LogP contribution is 2.24. The van der Waals surface area contributed by atoms with E-state index in [1.807, 2.05) is 37.3 Å². The SMILES string of the molecule is CC(CO)(Nc1ccc2n[nH]c(=O)n2n1)c1ccccc1. The van der Waals surface area contributed by atoms with Crippen molar-refractivity contribution < 1.29 is 5.11 Å². The summed E-state index contributed by atoms with van der Waals surface area (Å²) >= 11 is 0. The Balaban J connectivity index is 1.99. The quantitative estimate of drug-likeness (QED) is 0.657. The summed E-state index contributed by atoms with van der Waals surface area (Å²) in [5.41, 5.74) is 0.263. The van der Waals surface area contributed by atoms with Gasteiger partial charge in [-0.3, -0.25) is 0 Å². The molecule has 0 saturated heterocycles. The van der Waals surface area contributed by atoms with Gasteiger partial charge in [-0.2, -0.15) is 9.61 Å². The smallest absolute Gasteiger partial charge is 0.364 e. The zero-order valence-electron chi connectivity index (χ0n) is 11.4. The van der Waals surface area contributed by atoms with Crippen molar-refractivity contribution in [2.45, 2.75) is 12.5 Å². The molecule has 3 rings (SSSR count). The predicted molar refractivity (Wildman–Crippen MR) is 78.1 cm³/mol. The van der Waals surface area contributed by atoms with Gasteiger partial charge in [-0.1, -0.05) is 30.3 Å². The summed E-state index contributed by atoms with van der Waals surface area (Å²) in [6.45, 7) is 1.75. The lowest BCUT2D eigenvalue weighted by molar-refractivity contribution is 0.223. The normalized spacial score (nSPS) is 14.0. The van der Waals surface area contributed by atoms with E-state index in [1.165, 1.54) is 4.52 Å². The molecule has 0 radical (unpaired) electrons. The Morgan fingerprint density at radius 2 is 2.05 bits per heavy atom. The molecule has 108 valence electrons. The van der Waals surface area contributed by atoms with Gasteiger partial charge in [0.2, 0.25) is 0 Å². The molecule has 2 aromatic heterocycles. The Bertz CT molecular complexity index is 811. The Hall–Kier alpha value is -2.67. The first kappa shape index (κ1) is 13.3. The van der Waals surface area contributed by atoms with Crippen molar-refractivity contribution >= 4 is 11.5 Å². The molecule has 7 nitrogen and oxygen atoms in total. The Morgan fingerprint density at radius 1 is 1.29 bits per heavy atom. The average molecular weight is 285 g/mol. The first-order valence-electron chi connectivity index (χ1n) is 6.51. The van der Waals surface area contributed by atoms with Crippen LogP contribution in [-0.4, -0.2) is 31.5 Å². The molecule has 3 N–H and O–H groups in total. The zero-order valence-corrected chi connectivity index (χ0v) is 11.4. The molecule has 0 amide bonds. The minimum atomic E-state index is -0.699. The van der Waals surface area contributed by atoms with Crippen LogP contribution < -0.4 is 11.0 Å². The largest absolute Gasteiger partial charge is 0.394 e. The van der Waals surface area contributed by atoms with Crippen molar-refractivity contribution in [1.82, 2.24) is 19.8 Å². The fourth-order valence-electron chi connectivity index (χ4n) is 2.16. The average Bonchev–Trinajstić information content (AvgIpc) is 2.89. The van der Waals surface area contributed by atoms with Crippen molar-refractivity contribution in [3.63, 3.8) is 0 Å². The summed E-state index contributed by atoms with van der Waals surface area (Å²) in [6.07, 6.45) is 0. The molecule has 1 aromatic carbocycles. The van der Waals surface area contributed by atoms with E-state index in [2.05, 4.69) is 20.6 Å². The number of hydrogen-bond acceptors (Lipinski definition) is 5. The van der Waals surface area contributed by atoms with E-state index < -0.39 is 11.2 Å². The third kappa shape index (κ3) is 2.38. The van der Waals surface area contributed by atoms with Crippen LogP contribution in [0.15, 0.2) is 47.3 Å². The van der Waals surface area contributed by atoms with E-state index in [1.54, 1.807) is 12.1 Å². The second-order valence-electron chi connectivity index (χ2n) is 5.00. The Labute approximate surface area is 120 Å². The van der Waals surface area contributed by atoms with E-state index in [0.29, 0.717) is 11.5 Å². The van der Waals surface area contributed by atoms with Gasteiger partial charge < -0.3 is 10.4 Å². The summed E-state index contributed by atoms with van der Waals surface area (Å²) < 4.78 is 1.17. The standard InChI is InChI=1S/C14H15N5O2/c1-14(9-20,10-5-3-2-4-6-10)15-11-7-8-12-16-17-13(21)19(12)18-11/h2-8,20H,9H2,1H3,(H,15,18)(H,17,21). The summed E-state index contributed by atoms with van der Waals surface area (Å²) in [5, 5.41) is 23.3. The number of fused-ring (bicyclic) bond motifs is 1. The second kappa shape index (κ2) is 5.02. The lowest BCUT2D eigenvalue weighted by Crippen LogP contribution is -2.36. The van der Waals surface area contributed by atoms with Crippen LogP contribution in [0, 0.1) is 0 Å². The summed E-state index contributed by atoms with van der Waals surface area (Å²) in [6, 6.07) is 13.0. The van der Waals surface area contributed by atoms with Crippen LogP contribution in [0.4, 0.5) is 5.82 Å². The number of aliphatic hydroxyl groups excluding tert-OH is 1. The molecule has 0 spiro atoms. The molecule has 0 aliphatic rings. The third-order valence-corrected chi connectivity index (χ3v) is 3.40. The van der Waals surface area contributed by atoms with E-state index in [4.69, 9.17) is 0 Å². The molecule has 1 atom stereocenters. The molecular formula is C14H15N5O2. The van der Waals surface area contributed by atoms with Gasteiger partial charge in [-0.05, 0) is 24.6 Å². The molecule has 0 bridgehead atoms. The van der Waals surface area contributed by atoms with Crippen LogP contribution in [0.1, 0.15) is 12.5 Å². The number of rotatable bonds is 4. The van der Waals surface area contributed by atoms with Crippen LogP contribution >= 0.6 is 0 Å². The van der Waals surface area contributed by atoms with Gasteiger partial charge in [-0.15, -0.1) is 5.10 Å². The molecule has 0 aliphatic heterocycles. The van der Waals surface area contributed by atoms with Crippen molar-refractivity contribution in [2.24, 2.45) is 0 Å². The number of anilines is 1. The molecule has 1 unspecified atom stereocenters. The molecule has 3 aromatic rings. The van der Waals surface area contributed by atoms with Crippen LogP contribution in [0.3, 0.4) is 0 Å². The lowest BCUT2D eigenvalue weighted by atomic mass is 9.93. The van der Waals surface area contributed by atoms with Crippen molar-refractivity contribution in [1.29, 1.82) is 0 Å². The maximum Gasteiger partial charge on any atom is 0.364 e.